The minimum atomic E-state index is 0.450. The van der Waals surface area contributed by atoms with Crippen LogP contribution in [0, 0.1) is 13.8 Å². The van der Waals surface area contributed by atoms with Crippen LogP contribution in [0.2, 0.25) is 0 Å². The number of aryl methyl sites for hydroxylation is 2. The monoisotopic (exact) mass is 280 g/mol. The van der Waals surface area contributed by atoms with Crippen LogP contribution in [0.5, 0.6) is 0 Å². The van der Waals surface area contributed by atoms with Gasteiger partial charge < -0.3 is 8.94 Å². The van der Waals surface area contributed by atoms with E-state index in [4.69, 9.17) is 8.94 Å². The molecule has 2 aromatic heterocycles. The van der Waals surface area contributed by atoms with Gasteiger partial charge >= 0.3 is 0 Å². The van der Waals surface area contributed by atoms with Crippen LogP contribution in [0.4, 0.5) is 0 Å². The summed E-state index contributed by atoms with van der Waals surface area (Å²) in [5.74, 6) is 3.58. The van der Waals surface area contributed by atoms with Crippen LogP contribution in [-0.2, 0) is 0 Å². The van der Waals surface area contributed by atoms with E-state index in [1.807, 2.05) is 33.8 Å². The third-order valence-electron chi connectivity index (χ3n) is 2.42. The van der Waals surface area contributed by atoms with Gasteiger partial charge in [-0.25, -0.2) is 4.98 Å². The number of hydrogen-bond acceptors (Lipinski definition) is 4. The zero-order valence-corrected chi connectivity index (χ0v) is 14.0. The molecule has 2 aromatic rings. The predicted octanol–water partition coefficient (Wildman–Crippen LogP) is 5.24. The van der Waals surface area contributed by atoms with Gasteiger partial charge in [0, 0.05) is 24.8 Å². The van der Waals surface area contributed by atoms with Gasteiger partial charge in [0.15, 0.2) is 5.89 Å². The average molecular weight is 280 g/mol. The number of rotatable bonds is 2. The molecular weight excluding hydrogens is 252 g/mol. The van der Waals surface area contributed by atoms with Crippen LogP contribution < -0.4 is 0 Å². The Labute approximate surface area is 122 Å². The van der Waals surface area contributed by atoms with Gasteiger partial charge in [0.25, 0.3) is 0 Å². The fraction of sp³-hybridized carbons (Fsp3) is 0.625. The molecule has 0 radical (unpaired) electrons. The van der Waals surface area contributed by atoms with Crippen molar-refractivity contribution in [1.29, 1.82) is 0 Å². The first-order chi connectivity index (χ1) is 9.40. The first kappa shape index (κ1) is 18.4. The summed E-state index contributed by atoms with van der Waals surface area (Å²) < 4.78 is 10.2. The van der Waals surface area contributed by atoms with Crippen LogP contribution in [0.1, 0.15) is 76.5 Å². The molecule has 0 aromatic carbocycles. The number of hydrogen-bond donors (Lipinski definition) is 0. The van der Waals surface area contributed by atoms with Crippen molar-refractivity contribution in [2.45, 2.75) is 67.2 Å². The number of aromatic nitrogens is 2. The molecule has 20 heavy (non-hydrogen) atoms. The molecule has 0 amide bonds. The lowest BCUT2D eigenvalue weighted by Crippen LogP contribution is -1.80. The summed E-state index contributed by atoms with van der Waals surface area (Å²) in [6.07, 6.45) is 1.78. The van der Waals surface area contributed by atoms with Gasteiger partial charge in [-0.1, -0.05) is 46.7 Å². The Morgan fingerprint density at radius 1 is 0.950 bits per heavy atom. The van der Waals surface area contributed by atoms with Gasteiger partial charge in [-0.2, -0.15) is 0 Å². The molecule has 0 saturated carbocycles. The minimum Gasteiger partial charge on any atom is -0.446 e. The zero-order valence-electron chi connectivity index (χ0n) is 14.0. The molecule has 0 aliphatic rings. The third kappa shape index (κ3) is 6.55. The van der Waals surface area contributed by atoms with E-state index >= 15 is 0 Å². The van der Waals surface area contributed by atoms with Crippen molar-refractivity contribution in [2.75, 3.05) is 0 Å². The highest BCUT2D eigenvalue weighted by Crippen LogP contribution is 2.14. The van der Waals surface area contributed by atoms with Crippen molar-refractivity contribution in [1.82, 2.24) is 10.1 Å². The summed E-state index contributed by atoms with van der Waals surface area (Å²) >= 11 is 0. The second kappa shape index (κ2) is 9.34. The molecule has 0 fully saturated rings. The molecule has 0 aliphatic carbocycles. The van der Waals surface area contributed by atoms with Crippen LogP contribution >= 0.6 is 0 Å². The van der Waals surface area contributed by atoms with Crippen molar-refractivity contribution >= 4 is 0 Å². The average Bonchev–Trinajstić information content (AvgIpc) is 3.01. The van der Waals surface area contributed by atoms with Crippen molar-refractivity contribution in [3.63, 3.8) is 0 Å². The molecule has 2 heterocycles. The van der Waals surface area contributed by atoms with Crippen LogP contribution in [0.3, 0.4) is 0 Å². The van der Waals surface area contributed by atoms with E-state index in [2.05, 4.69) is 37.8 Å². The molecule has 4 nitrogen and oxygen atoms in total. The smallest absolute Gasteiger partial charge is 0.191 e. The highest BCUT2D eigenvalue weighted by atomic mass is 16.5. The van der Waals surface area contributed by atoms with E-state index in [9.17, 15) is 0 Å². The Bertz CT molecular complexity index is 426. The van der Waals surface area contributed by atoms with Crippen LogP contribution in [0.25, 0.3) is 0 Å². The highest BCUT2D eigenvalue weighted by molar-refractivity contribution is 5.06. The van der Waals surface area contributed by atoms with E-state index < -0.39 is 0 Å². The van der Waals surface area contributed by atoms with Crippen molar-refractivity contribution in [3.05, 3.63) is 35.4 Å². The van der Waals surface area contributed by atoms with Crippen molar-refractivity contribution in [2.24, 2.45) is 0 Å². The Morgan fingerprint density at radius 3 is 1.70 bits per heavy atom. The minimum absolute atomic E-state index is 0.450. The first-order valence-electron chi connectivity index (χ1n) is 7.25. The summed E-state index contributed by atoms with van der Waals surface area (Å²) in [5, 5.41) is 3.76. The molecule has 0 unspecified atom stereocenters. The summed E-state index contributed by atoms with van der Waals surface area (Å²) in [6, 6.07) is 1.96. The lowest BCUT2D eigenvalue weighted by atomic mass is 10.1. The first-order valence-corrected chi connectivity index (χ1v) is 7.25. The molecule has 0 spiro atoms. The SMILES string of the molecule is CC.Cc1cc(C(C)C)on1.Cc1ncc(C(C)C)o1. The lowest BCUT2D eigenvalue weighted by Gasteiger charge is -1.94. The van der Waals surface area contributed by atoms with Gasteiger partial charge in [-0.15, -0.1) is 0 Å². The van der Waals surface area contributed by atoms with E-state index in [0.29, 0.717) is 11.8 Å². The largest absolute Gasteiger partial charge is 0.446 e. The second-order valence-electron chi connectivity index (χ2n) is 4.96. The molecular formula is C16H28N2O2. The van der Waals surface area contributed by atoms with Gasteiger partial charge in [0.05, 0.1) is 11.9 Å². The molecule has 0 aliphatic heterocycles. The standard InChI is InChI=1S/2C7H11NO.C2H6/c1-5(2)7-4-8-6(3)9-7;1-5(2)7-4-6(3)8-9-7;1-2/h2*4-5H,1-3H3;1-2H3. The van der Waals surface area contributed by atoms with E-state index in [-0.39, 0.29) is 0 Å². The summed E-state index contributed by atoms with van der Waals surface area (Å²) in [7, 11) is 0. The molecule has 0 saturated heterocycles. The van der Waals surface area contributed by atoms with Crippen LogP contribution in [-0.4, -0.2) is 10.1 Å². The molecule has 0 atom stereocenters. The number of nitrogens with zero attached hydrogens (tertiary/aromatic N) is 2. The van der Waals surface area contributed by atoms with Gasteiger partial charge in [0.2, 0.25) is 0 Å². The Balaban J connectivity index is 0.000000321. The fourth-order valence-corrected chi connectivity index (χ4v) is 1.30. The maximum atomic E-state index is 5.23. The van der Waals surface area contributed by atoms with Gasteiger partial charge in [-0.05, 0) is 6.92 Å². The molecule has 0 bridgehead atoms. The number of oxazole rings is 1. The lowest BCUT2D eigenvalue weighted by molar-refractivity contribution is 0.368. The third-order valence-corrected chi connectivity index (χ3v) is 2.42. The predicted molar refractivity (Wildman–Crippen MR) is 82.0 cm³/mol. The maximum absolute atomic E-state index is 5.23. The Morgan fingerprint density at radius 2 is 1.50 bits per heavy atom. The second-order valence-corrected chi connectivity index (χ2v) is 4.96. The molecule has 2 rings (SSSR count). The van der Waals surface area contributed by atoms with Gasteiger partial charge in [-0.3, -0.25) is 0 Å². The highest BCUT2D eigenvalue weighted by Gasteiger charge is 2.03. The molecule has 4 heteroatoms. The van der Waals surface area contributed by atoms with E-state index in [1.165, 1.54) is 0 Å². The van der Waals surface area contributed by atoms with Crippen molar-refractivity contribution < 1.29 is 8.94 Å². The molecule has 0 N–H and O–H groups in total. The zero-order chi connectivity index (χ0) is 15.7. The molecule has 114 valence electrons. The Kier molecular flexibility index (Phi) is 8.61. The summed E-state index contributed by atoms with van der Waals surface area (Å²) in [4.78, 5) is 3.97. The van der Waals surface area contributed by atoms with Crippen molar-refractivity contribution in [3.8, 4) is 0 Å². The fourth-order valence-electron chi connectivity index (χ4n) is 1.30. The van der Waals surface area contributed by atoms with Crippen LogP contribution in [0.15, 0.2) is 21.2 Å². The summed E-state index contributed by atoms with van der Waals surface area (Å²) in [5.41, 5.74) is 0.957. The Hall–Kier alpha value is -1.58. The normalized spacial score (nSPS) is 9.90. The maximum Gasteiger partial charge on any atom is 0.191 e. The van der Waals surface area contributed by atoms with E-state index in [1.54, 1.807) is 6.20 Å². The van der Waals surface area contributed by atoms with Gasteiger partial charge in [0.1, 0.15) is 11.5 Å². The van der Waals surface area contributed by atoms with E-state index in [0.717, 1.165) is 23.1 Å². The topological polar surface area (TPSA) is 52.1 Å². The summed E-state index contributed by atoms with van der Waals surface area (Å²) in [6.45, 7) is 16.1. The quantitative estimate of drug-likeness (QED) is 0.755.